The van der Waals surface area contributed by atoms with Crippen LogP contribution in [0.2, 0.25) is 0 Å². The van der Waals surface area contributed by atoms with Crippen LogP contribution in [-0.4, -0.2) is 43.4 Å². The molecule has 3 aliphatic rings. The average Bonchev–Trinajstić information content (AvgIpc) is 3.43. The molecule has 36 heavy (non-hydrogen) atoms. The van der Waals surface area contributed by atoms with Crippen LogP contribution in [0.15, 0.2) is 60.7 Å². The minimum atomic E-state index is -0.665. The molecule has 0 saturated carbocycles. The lowest BCUT2D eigenvalue weighted by Crippen LogP contribution is -2.51. The second-order valence-electron chi connectivity index (χ2n) is 9.15. The summed E-state index contributed by atoms with van der Waals surface area (Å²) in [5.74, 6) is 0.533. The number of nitrogens with one attached hydrogen (secondary N) is 1. The number of carbonyl (C=O) groups is 3. The van der Waals surface area contributed by atoms with Gasteiger partial charge in [-0.15, -0.1) is 0 Å². The first kappa shape index (κ1) is 22.2. The van der Waals surface area contributed by atoms with E-state index in [-0.39, 0.29) is 30.3 Å². The first-order valence-corrected chi connectivity index (χ1v) is 11.9. The second-order valence-corrected chi connectivity index (χ2v) is 9.15. The van der Waals surface area contributed by atoms with Crippen molar-refractivity contribution in [1.82, 2.24) is 10.2 Å². The third-order valence-electron chi connectivity index (χ3n) is 7.26. The zero-order valence-corrected chi connectivity index (χ0v) is 20.0. The molecule has 1 N–H and O–H groups in total. The molecule has 2 heterocycles. The summed E-state index contributed by atoms with van der Waals surface area (Å²) in [4.78, 5) is 43.3. The highest BCUT2D eigenvalue weighted by Crippen LogP contribution is 2.45. The minimum absolute atomic E-state index is 0.172. The van der Waals surface area contributed by atoms with Gasteiger partial charge in [-0.05, 0) is 54.3 Å². The lowest BCUT2D eigenvalue weighted by molar-refractivity contribution is -0.123. The van der Waals surface area contributed by atoms with Gasteiger partial charge in [-0.2, -0.15) is 0 Å². The SMILES string of the molecule is COc1cc2c(cc1OC)[C@@H](NC(=O)CN1C(=O)c3ccccc3N3C(=O)c4ccccc4[C@@H]13)CC2. The predicted molar refractivity (Wildman–Crippen MR) is 132 cm³/mol. The summed E-state index contributed by atoms with van der Waals surface area (Å²) < 4.78 is 10.9. The van der Waals surface area contributed by atoms with Crippen molar-refractivity contribution in [2.24, 2.45) is 0 Å². The lowest BCUT2D eigenvalue weighted by atomic mass is 10.0. The van der Waals surface area contributed by atoms with E-state index in [9.17, 15) is 14.4 Å². The van der Waals surface area contributed by atoms with Gasteiger partial charge in [0.05, 0.1) is 31.5 Å². The van der Waals surface area contributed by atoms with E-state index in [0.717, 1.165) is 29.5 Å². The zero-order chi connectivity index (χ0) is 25.0. The van der Waals surface area contributed by atoms with E-state index >= 15 is 0 Å². The molecule has 0 saturated heterocycles. The van der Waals surface area contributed by atoms with Crippen molar-refractivity contribution in [1.29, 1.82) is 0 Å². The first-order valence-electron chi connectivity index (χ1n) is 11.9. The van der Waals surface area contributed by atoms with E-state index in [1.807, 2.05) is 30.3 Å². The van der Waals surface area contributed by atoms with E-state index in [0.29, 0.717) is 28.3 Å². The second kappa shape index (κ2) is 8.41. The Hall–Kier alpha value is -4.33. The van der Waals surface area contributed by atoms with Gasteiger partial charge in [0.15, 0.2) is 11.5 Å². The number of anilines is 1. The van der Waals surface area contributed by atoms with Crippen LogP contribution in [0.3, 0.4) is 0 Å². The zero-order valence-electron chi connectivity index (χ0n) is 20.0. The molecule has 8 heteroatoms. The number of aryl methyl sites for hydroxylation is 1. The summed E-state index contributed by atoms with van der Waals surface area (Å²) in [7, 11) is 3.18. The Bertz CT molecular complexity index is 1420. The fourth-order valence-electron chi connectivity index (χ4n) is 5.61. The molecule has 2 aliphatic heterocycles. The number of ether oxygens (including phenoxy) is 2. The molecule has 6 rings (SSSR count). The van der Waals surface area contributed by atoms with Gasteiger partial charge in [0.25, 0.3) is 11.8 Å². The van der Waals surface area contributed by atoms with E-state index in [1.54, 1.807) is 49.5 Å². The Morgan fingerprint density at radius 2 is 1.61 bits per heavy atom. The largest absolute Gasteiger partial charge is 0.493 e. The van der Waals surface area contributed by atoms with Gasteiger partial charge >= 0.3 is 0 Å². The molecule has 3 amide bonds. The van der Waals surface area contributed by atoms with Crippen LogP contribution in [0.25, 0.3) is 0 Å². The normalized spacial score (nSPS) is 19.4. The van der Waals surface area contributed by atoms with Crippen molar-refractivity contribution in [3.8, 4) is 11.5 Å². The summed E-state index contributed by atoms with van der Waals surface area (Å²) >= 11 is 0. The number of amides is 3. The number of para-hydroxylation sites is 1. The molecule has 3 aromatic carbocycles. The highest BCUT2D eigenvalue weighted by molar-refractivity contribution is 6.17. The third-order valence-corrected chi connectivity index (χ3v) is 7.26. The van der Waals surface area contributed by atoms with E-state index in [1.165, 1.54) is 4.90 Å². The number of rotatable bonds is 5. The number of nitrogens with zero attached hydrogens (tertiary/aromatic N) is 2. The highest BCUT2D eigenvalue weighted by atomic mass is 16.5. The summed E-state index contributed by atoms with van der Waals surface area (Å²) in [6.07, 6.45) is 0.877. The summed E-state index contributed by atoms with van der Waals surface area (Å²) in [5, 5.41) is 3.10. The number of hydrogen-bond donors (Lipinski definition) is 1. The van der Waals surface area contributed by atoms with Crippen molar-refractivity contribution in [3.63, 3.8) is 0 Å². The van der Waals surface area contributed by atoms with Crippen LogP contribution < -0.4 is 19.7 Å². The smallest absolute Gasteiger partial charge is 0.260 e. The Morgan fingerprint density at radius 1 is 0.917 bits per heavy atom. The van der Waals surface area contributed by atoms with Gasteiger partial charge in [-0.3, -0.25) is 19.3 Å². The minimum Gasteiger partial charge on any atom is -0.493 e. The highest BCUT2D eigenvalue weighted by Gasteiger charge is 2.48. The van der Waals surface area contributed by atoms with Crippen molar-refractivity contribution in [2.75, 3.05) is 25.7 Å². The van der Waals surface area contributed by atoms with Crippen molar-refractivity contribution >= 4 is 23.4 Å². The lowest BCUT2D eigenvalue weighted by Gasteiger charge is -2.40. The Kier molecular flexibility index (Phi) is 5.17. The number of hydrogen-bond acceptors (Lipinski definition) is 5. The number of methoxy groups -OCH3 is 2. The fraction of sp³-hybridized carbons (Fsp3) is 0.250. The van der Waals surface area contributed by atoms with Gasteiger partial charge in [0, 0.05) is 11.1 Å². The maximum Gasteiger partial charge on any atom is 0.260 e. The van der Waals surface area contributed by atoms with Gasteiger partial charge in [-0.25, -0.2) is 0 Å². The molecule has 0 spiro atoms. The molecule has 0 bridgehead atoms. The Balaban J connectivity index is 1.30. The Morgan fingerprint density at radius 3 is 2.39 bits per heavy atom. The maximum absolute atomic E-state index is 13.6. The van der Waals surface area contributed by atoms with Gasteiger partial charge in [0.2, 0.25) is 5.91 Å². The maximum atomic E-state index is 13.6. The van der Waals surface area contributed by atoms with Crippen molar-refractivity contribution in [3.05, 3.63) is 88.5 Å². The molecule has 0 radical (unpaired) electrons. The molecule has 3 aromatic rings. The van der Waals surface area contributed by atoms with Crippen LogP contribution in [0, 0.1) is 0 Å². The molecule has 1 aliphatic carbocycles. The standard InChI is InChI=1S/C28H25N3O5/c1-35-23-13-16-11-12-21(20(16)14-24(23)36-2)29-25(32)15-30-26-17-7-3-4-8-18(17)28(34)31(26)22-10-6-5-9-19(22)27(30)33/h3-10,13-14,21,26H,11-12,15H2,1-2H3,(H,29,32)/t21-,26-/m0/s1. The third kappa shape index (κ3) is 3.25. The molecule has 0 unspecified atom stereocenters. The van der Waals surface area contributed by atoms with E-state index < -0.39 is 6.17 Å². The van der Waals surface area contributed by atoms with Gasteiger partial charge in [-0.1, -0.05) is 30.3 Å². The molecular formula is C28H25N3O5. The molecule has 2 atom stereocenters. The molecule has 0 aromatic heterocycles. The van der Waals surface area contributed by atoms with E-state index in [4.69, 9.17) is 9.47 Å². The van der Waals surface area contributed by atoms with Crippen LogP contribution in [0.5, 0.6) is 11.5 Å². The fourth-order valence-corrected chi connectivity index (χ4v) is 5.61. The average molecular weight is 484 g/mol. The van der Waals surface area contributed by atoms with Crippen LogP contribution in [-0.2, 0) is 11.2 Å². The molecule has 0 fully saturated rings. The Labute approximate surface area is 208 Å². The molecule has 8 nitrogen and oxygen atoms in total. The summed E-state index contributed by atoms with van der Waals surface area (Å²) in [5.41, 5.74) is 4.33. The van der Waals surface area contributed by atoms with Crippen LogP contribution in [0.1, 0.15) is 56.0 Å². The summed E-state index contributed by atoms with van der Waals surface area (Å²) in [6, 6.07) is 18.0. The topological polar surface area (TPSA) is 88.2 Å². The number of benzene rings is 3. The van der Waals surface area contributed by atoms with Crippen molar-refractivity contribution in [2.45, 2.75) is 25.0 Å². The summed E-state index contributed by atoms with van der Waals surface area (Å²) in [6.45, 7) is -0.172. The predicted octanol–water partition coefficient (Wildman–Crippen LogP) is 3.62. The van der Waals surface area contributed by atoms with Crippen LogP contribution >= 0.6 is 0 Å². The monoisotopic (exact) mass is 483 g/mol. The van der Waals surface area contributed by atoms with Crippen molar-refractivity contribution < 1.29 is 23.9 Å². The van der Waals surface area contributed by atoms with Gasteiger partial charge in [0.1, 0.15) is 12.7 Å². The first-order chi connectivity index (χ1) is 17.5. The number of fused-ring (bicyclic) bond motifs is 6. The van der Waals surface area contributed by atoms with Gasteiger partial charge < -0.3 is 19.7 Å². The molecule has 182 valence electrons. The number of carbonyl (C=O) groups excluding carboxylic acids is 3. The van der Waals surface area contributed by atoms with E-state index in [2.05, 4.69) is 5.32 Å². The molecular weight excluding hydrogens is 458 g/mol. The quantitative estimate of drug-likeness (QED) is 0.599. The van der Waals surface area contributed by atoms with Crippen LogP contribution in [0.4, 0.5) is 5.69 Å².